The van der Waals surface area contributed by atoms with Crippen LogP contribution in [0, 0.1) is 0 Å². The number of benzene rings is 1. The van der Waals surface area contributed by atoms with Crippen molar-refractivity contribution in [3.8, 4) is 0 Å². The number of rotatable bonds is 7. The minimum Gasteiger partial charge on any atom is -0.373 e. The quantitative estimate of drug-likeness (QED) is 0.605. The average Bonchev–Trinajstić information content (AvgIpc) is 2.54. The number of pyridine rings is 1. The minimum absolute atomic E-state index is 0.0569. The smallest absolute Gasteiger partial charge is 0.0884 e. The second kappa shape index (κ2) is 6.98. The summed E-state index contributed by atoms with van der Waals surface area (Å²) < 4.78 is 6.13. The molecule has 0 bridgehead atoms. The highest BCUT2D eigenvalue weighted by molar-refractivity contribution is 5.85. The molecule has 2 aromatic rings. The third kappa shape index (κ3) is 2.93. The van der Waals surface area contributed by atoms with Crippen LogP contribution in [0.25, 0.3) is 10.8 Å². The number of hydrogen-bond acceptors (Lipinski definition) is 4. The average molecular weight is 287 g/mol. The Morgan fingerprint density at radius 2 is 2.00 bits per heavy atom. The summed E-state index contributed by atoms with van der Waals surface area (Å²) in [5.74, 6) is 5.92. The van der Waals surface area contributed by atoms with Gasteiger partial charge in [0.05, 0.1) is 11.6 Å². The van der Waals surface area contributed by atoms with E-state index in [-0.39, 0.29) is 11.6 Å². The Labute approximate surface area is 126 Å². The van der Waals surface area contributed by atoms with Crippen molar-refractivity contribution in [2.24, 2.45) is 5.84 Å². The first-order chi connectivity index (χ1) is 10.2. The standard InChI is InChI=1S/C17H25N3O/c1-4-17(5-2,21-6-3)16(20-18)15-9-7-8-13-12-19-11-10-14(13)15/h7-12,16,20H,4-6,18H2,1-3H3. The van der Waals surface area contributed by atoms with Crippen molar-refractivity contribution in [2.45, 2.75) is 45.3 Å². The van der Waals surface area contributed by atoms with Crippen LogP contribution in [0.5, 0.6) is 0 Å². The molecule has 1 atom stereocenters. The van der Waals surface area contributed by atoms with Crippen molar-refractivity contribution in [3.63, 3.8) is 0 Å². The van der Waals surface area contributed by atoms with Crippen LogP contribution in [0.4, 0.5) is 0 Å². The monoisotopic (exact) mass is 287 g/mol. The Morgan fingerprint density at radius 3 is 2.62 bits per heavy atom. The number of aromatic nitrogens is 1. The summed E-state index contributed by atoms with van der Waals surface area (Å²) in [7, 11) is 0. The van der Waals surface area contributed by atoms with Gasteiger partial charge in [-0.15, -0.1) is 0 Å². The number of nitrogens with two attached hydrogens (primary N) is 1. The van der Waals surface area contributed by atoms with E-state index in [0.717, 1.165) is 23.8 Å². The molecule has 0 fully saturated rings. The first kappa shape index (κ1) is 15.9. The molecule has 1 aromatic heterocycles. The minimum atomic E-state index is -0.305. The molecular weight excluding hydrogens is 262 g/mol. The predicted octanol–water partition coefficient (Wildman–Crippen LogP) is 3.33. The van der Waals surface area contributed by atoms with E-state index < -0.39 is 0 Å². The molecule has 0 saturated heterocycles. The summed E-state index contributed by atoms with van der Waals surface area (Å²) in [6, 6.07) is 8.22. The van der Waals surface area contributed by atoms with Gasteiger partial charge in [-0.05, 0) is 36.8 Å². The SMILES string of the molecule is CCOC(CC)(CC)C(NN)c1cccc2cnccc12. The van der Waals surface area contributed by atoms with E-state index in [9.17, 15) is 0 Å². The molecule has 2 rings (SSSR count). The van der Waals surface area contributed by atoms with Crippen LogP contribution in [-0.2, 0) is 4.74 Å². The molecule has 0 aliphatic heterocycles. The number of fused-ring (bicyclic) bond motifs is 1. The van der Waals surface area contributed by atoms with Crippen LogP contribution in [0.1, 0.15) is 45.2 Å². The summed E-state index contributed by atoms with van der Waals surface area (Å²) in [4.78, 5) is 4.20. The van der Waals surface area contributed by atoms with E-state index >= 15 is 0 Å². The van der Waals surface area contributed by atoms with E-state index in [4.69, 9.17) is 10.6 Å². The molecule has 0 radical (unpaired) electrons. The summed E-state index contributed by atoms with van der Waals surface area (Å²) in [5, 5.41) is 2.29. The van der Waals surface area contributed by atoms with Gasteiger partial charge in [0.2, 0.25) is 0 Å². The van der Waals surface area contributed by atoms with Crippen molar-refractivity contribution in [2.75, 3.05) is 6.61 Å². The number of nitrogens with zero attached hydrogens (tertiary/aromatic N) is 1. The lowest BCUT2D eigenvalue weighted by atomic mass is 9.82. The molecule has 0 aliphatic carbocycles. The molecule has 1 aromatic carbocycles. The highest BCUT2D eigenvalue weighted by atomic mass is 16.5. The molecule has 4 heteroatoms. The normalized spacial score (nSPS) is 13.5. The molecule has 0 spiro atoms. The third-order valence-electron chi connectivity index (χ3n) is 4.35. The van der Waals surface area contributed by atoms with Gasteiger partial charge in [0.25, 0.3) is 0 Å². The second-order valence-corrected chi connectivity index (χ2v) is 5.25. The van der Waals surface area contributed by atoms with Gasteiger partial charge < -0.3 is 4.74 Å². The van der Waals surface area contributed by atoms with Crippen molar-refractivity contribution in [3.05, 3.63) is 42.2 Å². The van der Waals surface area contributed by atoms with Crippen LogP contribution in [0.15, 0.2) is 36.7 Å². The fourth-order valence-electron chi connectivity index (χ4n) is 3.16. The maximum Gasteiger partial charge on any atom is 0.0884 e. The molecule has 4 nitrogen and oxygen atoms in total. The predicted molar refractivity (Wildman–Crippen MR) is 86.7 cm³/mol. The highest BCUT2D eigenvalue weighted by Crippen LogP contribution is 2.37. The maximum absolute atomic E-state index is 6.13. The zero-order chi connectivity index (χ0) is 15.3. The van der Waals surface area contributed by atoms with Gasteiger partial charge in [0, 0.05) is 24.4 Å². The molecule has 1 heterocycles. The number of hydrogen-bond donors (Lipinski definition) is 2. The number of hydrazine groups is 1. The van der Waals surface area contributed by atoms with Gasteiger partial charge in [0.15, 0.2) is 0 Å². The number of nitrogens with one attached hydrogen (secondary N) is 1. The Hall–Kier alpha value is -1.49. The molecule has 0 saturated carbocycles. The lowest BCUT2D eigenvalue weighted by molar-refractivity contribution is -0.0730. The van der Waals surface area contributed by atoms with Crippen molar-refractivity contribution in [1.29, 1.82) is 0 Å². The van der Waals surface area contributed by atoms with Gasteiger partial charge in [-0.3, -0.25) is 16.3 Å². The van der Waals surface area contributed by atoms with Crippen molar-refractivity contribution >= 4 is 10.8 Å². The Bertz CT molecular complexity index is 576. The fourth-order valence-corrected chi connectivity index (χ4v) is 3.16. The van der Waals surface area contributed by atoms with Gasteiger partial charge in [-0.25, -0.2) is 0 Å². The van der Waals surface area contributed by atoms with Gasteiger partial charge in [-0.2, -0.15) is 0 Å². The number of ether oxygens (including phenoxy) is 1. The van der Waals surface area contributed by atoms with Crippen molar-refractivity contribution < 1.29 is 4.74 Å². The zero-order valence-corrected chi connectivity index (χ0v) is 13.1. The van der Waals surface area contributed by atoms with Crippen LogP contribution < -0.4 is 11.3 Å². The Morgan fingerprint density at radius 1 is 1.24 bits per heavy atom. The fraction of sp³-hybridized carbons (Fsp3) is 0.471. The summed E-state index contributed by atoms with van der Waals surface area (Å²) in [6.07, 6.45) is 5.49. The molecule has 114 valence electrons. The Kier molecular flexibility index (Phi) is 5.28. The highest BCUT2D eigenvalue weighted by Gasteiger charge is 2.37. The maximum atomic E-state index is 6.13. The van der Waals surface area contributed by atoms with Crippen LogP contribution in [0.2, 0.25) is 0 Å². The van der Waals surface area contributed by atoms with Gasteiger partial charge in [0.1, 0.15) is 0 Å². The summed E-state index contributed by atoms with van der Waals surface area (Å²) >= 11 is 0. The Balaban J connectivity index is 2.57. The molecule has 0 amide bonds. The van der Waals surface area contributed by atoms with Gasteiger partial charge in [-0.1, -0.05) is 32.0 Å². The topological polar surface area (TPSA) is 60.2 Å². The lowest BCUT2D eigenvalue weighted by Gasteiger charge is -2.39. The first-order valence-electron chi connectivity index (χ1n) is 7.65. The van der Waals surface area contributed by atoms with E-state index in [1.807, 2.05) is 31.5 Å². The third-order valence-corrected chi connectivity index (χ3v) is 4.35. The zero-order valence-electron chi connectivity index (χ0n) is 13.1. The molecule has 3 N–H and O–H groups in total. The lowest BCUT2D eigenvalue weighted by Crippen LogP contribution is -2.48. The van der Waals surface area contributed by atoms with Crippen LogP contribution in [0.3, 0.4) is 0 Å². The summed E-state index contributed by atoms with van der Waals surface area (Å²) in [5.41, 5.74) is 3.85. The van der Waals surface area contributed by atoms with Gasteiger partial charge >= 0.3 is 0 Å². The van der Waals surface area contributed by atoms with Crippen LogP contribution >= 0.6 is 0 Å². The summed E-state index contributed by atoms with van der Waals surface area (Å²) in [6.45, 7) is 7.00. The van der Waals surface area contributed by atoms with E-state index in [0.29, 0.717) is 6.61 Å². The van der Waals surface area contributed by atoms with E-state index in [1.165, 1.54) is 5.39 Å². The largest absolute Gasteiger partial charge is 0.373 e. The van der Waals surface area contributed by atoms with E-state index in [2.05, 4.69) is 36.4 Å². The van der Waals surface area contributed by atoms with E-state index in [1.54, 1.807) is 0 Å². The second-order valence-electron chi connectivity index (χ2n) is 5.25. The molecule has 0 aliphatic rings. The molecule has 21 heavy (non-hydrogen) atoms. The van der Waals surface area contributed by atoms with Crippen molar-refractivity contribution in [1.82, 2.24) is 10.4 Å². The first-order valence-corrected chi connectivity index (χ1v) is 7.65. The molecular formula is C17H25N3O. The van der Waals surface area contributed by atoms with Crippen LogP contribution in [-0.4, -0.2) is 17.2 Å². The molecule has 1 unspecified atom stereocenters.